The van der Waals surface area contributed by atoms with Crippen LogP contribution in [0.1, 0.15) is 11.1 Å². The summed E-state index contributed by atoms with van der Waals surface area (Å²) in [7, 11) is 4.76. The van der Waals surface area contributed by atoms with Gasteiger partial charge in [-0.1, -0.05) is 18.2 Å². The zero-order valence-electron chi connectivity index (χ0n) is 15.4. The number of rotatable bonds is 7. The molecule has 0 radical (unpaired) electrons. The largest absolute Gasteiger partial charge is 0.493 e. The molecule has 0 atom stereocenters. The molecule has 0 aliphatic heterocycles. The lowest BCUT2D eigenvalue weighted by Crippen LogP contribution is -2.32. The number of thiocarbonyl (C=S) groups is 1. The van der Waals surface area contributed by atoms with Crippen molar-refractivity contribution in [2.75, 3.05) is 26.6 Å². The number of anilines is 1. The van der Waals surface area contributed by atoms with E-state index in [9.17, 15) is 4.79 Å². The van der Waals surface area contributed by atoms with Gasteiger partial charge in [0, 0.05) is 18.9 Å². The number of methoxy groups -OCH3 is 3. The van der Waals surface area contributed by atoms with Crippen LogP contribution in [-0.2, 0) is 16.1 Å². The molecule has 0 bridgehead atoms. The second-order valence-electron chi connectivity index (χ2n) is 5.52. The molecule has 2 rings (SSSR count). The number of carbonyl (C=O) groups excluding carboxylic acids is 1. The fourth-order valence-corrected chi connectivity index (χ4v) is 2.57. The lowest BCUT2D eigenvalue weighted by Gasteiger charge is -2.09. The smallest absolute Gasteiger partial charge is 0.250 e. The summed E-state index contributed by atoms with van der Waals surface area (Å²) in [6.45, 7) is 0.503. The first-order chi connectivity index (χ1) is 13.0. The van der Waals surface area contributed by atoms with E-state index in [2.05, 4.69) is 10.6 Å². The fraction of sp³-hybridized carbons (Fsp3) is 0.200. The van der Waals surface area contributed by atoms with Gasteiger partial charge in [0.15, 0.2) is 16.6 Å². The molecule has 142 valence electrons. The van der Waals surface area contributed by atoms with E-state index in [4.69, 9.17) is 26.4 Å². The molecule has 0 heterocycles. The zero-order valence-corrected chi connectivity index (χ0v) is 16.3. The Labute approximate surface area is 164 Å². The van der Waals surface area contributed by atoms with Crippen molar-refractivity contribution in [3.8, 4) is 11.5 Å². The summed E-state index contributed by atoms with van der Waals surface area (Å²) in [4.78, 5) is 12.1. The molecule has 2 N–H and O–H groups in total. The van der Waals surface area contributed by atoms with E-state index in [0.29, 0.717) is 18.1 Å². The van der Waals surface area contributed by atoms with Crippen LogP contribution in [0.5, 0.6) is 11.5 Å². The maximum atomic E-state index is 12.1. The first kappa shape index (κ1) is 20.4. The molecule has 0 aliphatic carbocycles. The van der Waals surface area contributed by atoms with Crippen LogP contribution in [0.25, 0.3) is 6.08 Å². The van der Waals surface area contributed by atoms with Gasteiger partial charge in [-0.15, -0.1) is 0 Å². The SMILES string of the molecule is COCc1cccc(NC(=S)NC(=O)C=Cc2ccc(OC)c(OC)c2)c1. The number of hydrogen-bond donors (Lipinski definition) is 2. The van der Waals surface area contributed by atoms with E-state index in [0.717, 1.165) is 16.8 Å². The first-order valence-corrected chi connectivity index (χ1v) is 8.56. The average Bonchev–Trinajstić information content (AvgIpc) is 2.66. The van der Waals surface area contributed by atoms with Gasteiger partial charge in [-0.25, -0.2) is 0 Å². The lowest BCUT2D eigenvalue weighted by atomic mass is 10.2. The maximum Gasteiger partial charge on any atom is 0.250 e. The number of amides is 1. The number of nitrogens with one attached hydrogen (secondary N) is 2. The van der Waals surface area contributed by atoms with Crippen LogP contribution < -0.4 is 20.1 Å². The Balaban J connectivity index is 1.94. The van der Waals surface area contributed by atoms with Crippen LogP contribution in [0.15, 0.2) is 48.5 Å². The molecule has 2 aromatic rings. The second kappa shape index (κ2) is 10.3. The van der Waals surface area contributed by atoms with Crippen molar-refractivity contribution in [3.63, 3.8) is 0 Å². The Hall–Kier alpha value is -2.90. The number of carbonyl (C=O) groups is 1. The van der Waals surface area contributed by atoms with Gasteiger partial charge in [0.25, 0.3) is 0 Å². The molecule has 6 nitrogen and oxygen atoms in total. The average molecular weight is 386 g/mol. The first-order valence-electron chi connectivity index (χ1n) is 8.15. The Bertz CT molecular complexity index is 836. The van der Waals surface area contributed by atoms with Gasteiger partial charge in [0.1, 0.15) is 0 Å². The summed E-state index contributed by atoms with van der Waals surface area (Å²) in [6, 6.07) is 13.0. The summed E-state index contributed by atoms with van der Waals surface area (Å²) in [5, 5.41) is 5.80. The molecule has 0 spiro atoms. The quantitative estimate of drug-likeness (QED) is 0.562. The minimum atomic E-state index is -0.338. The predicted molar refractivity (Wildman–Crippen MR) is 110 cm³/mol. The third-order valence-corrected chi connectivity index (χ3v) is 3.77. The van der Waals surface area contributed by atoms with Crippen molar-refractivity contribution in [2.24, 2.45) is 0 Å². The van der Waals surface area contributed by atoms with Gasteiger partial charge in [-0.2, -0.15) is 0 Å². The van der Waals surface area contributed by atoms with Gasteiger partial charge in [0.2, 0.25) is 5.91 Å². The highest BCUT2D eigenvalue weighted by Gasteiger charge is 2.05. The molecular formula is C20H22N2O4S. The third-order valence-electron chi connectivity index (χ3n) is 3.57. The number of hydrogen-bond acceptors (Lipinski definition) is 5. The molecule has 1 amide bonds. The molecular weight excluding hydrogens is 364 g/mol. The molecule has 0 saturated carbocycles. The molecule has 27 heavy (non-hydrogen) atoms. The fourth-order valence-electron chi connectivity index (χ4n) is 2.35. The molecule has 0 aromatic heterocycles. The highest BCUT2D eigenvalue weighted by Crippen LogP contribution is 2.27. The standard InChI is InChI=1S/C20H22N2O4S/c1-24-13-15-5-4-6-16(11-15)21-20(27)22-19(23)10-8-14-7-9-17(25-2)18(12-14)26-3/h4-12H,13H2,1-3H3,(H2,21,22,23,27). The van der Waals surface area contributed by atoms with Crippen LogP contribution in [0.4, 0.5) is 5.69 Å². The van der Waals surface area contributed by atoms with Crippen LogP contribution in [-0.4, -0.2) is 32.3 Å². The van der Waals surface area contributed by atoms with Crippen molar-refractivity contribution < 1.29 is 19.0 Å². The predicted octanol–water partition coefficient (Wildman–Crippen LogP) is 3.38. The van der Waals surface area contributed by atoms with E-state index >= 15 is 0 Å². The Morgan fingerprint density at radius 2 is 1.85 bits per heavy atom. The summed E-state index contributed by atoms with van der Waals surface area (Å²) in [6.07, 6.45) is 3.07. The van der Waals surface area contributed by atoms with Crippen LogP contribution in [0.3, 0.4) is 0 Å². The minimum absolute atomic E-state index is 0.214. The van der Waals surface area contributed by atoms with Gasteiger partial charge in [0.05, 0.1) is 20.8 Å². The van der Waals surface area contributed by atoms with Crippen LogP contribution in [0, 0.1) is 0 Å². The maximum absolute atomic E-state index is 12.1. The lowest BCUT2D eigenvalue weighted by molar-refractivity contribution is -0.115. The van der Waals surface area contributed by atoms with Crippen molar-refractivity contribution in [1.82, 2.24) is 5.32 Å². The number of benzene rings is 2. The molecule has 0 fully saturated rings. The summed E-state index contributed by atoms with van der Waals surface area (Å²) < 4.78 is 15.5. The second-order valence-corrected chi connectivity index (χ2v) is 5.93. The zero-order chi connectivity index (χ0) is 19.6. The molecule has 2 aromatic carbocycles. The summed E-state index contributed by atoms with van der Waals surface area (Å²) in [5.74, 6) is 0.878. The van der Waals surface area contributed by atoms with Crippen molar-refractivity contribution >= 4 is 35.0 Å². The van der Waals surface area contributed by atoms with Crippen LogP contribution >= 0.6 is 12.2 Å². The molecule has 7 heteroatoms. The Kier molecular flexibility index (Phi) is 7.79. The van der Waals surface area contributed by atoms with Gasteiger partial charge >= 0.3 is 0 Å². The Morgan fingerprint density at radius 1 is 1.07 bits per heavy atom. The van der Waals surface area contributed by atoms with E-state index < -0.39 is 0 Å². The molecule has 0 saturated heterocycles. The third kappa shape index (κ3) is 6.40. The number of ether oxygens (including phenoxy) is 3. The van der Waals surface area contributed by atoms with Gasteiger partial charge in [-0.3, -0.25) is 10.1 Å². The van der Waals surface area contributed by atoms with Crippen molar-refractivity contribution in [3.05, 3.63) is 59.7 Å². The molecule has 0 aliphatic rings. The monoisotopic (exact) mass is 386 g/mol. The highest BCUT2D eigenvalue weighted by molar-refractivity contribution is 7.80. The topological polar surface area (TPSA) is 68.8 Å². The van der Waals surface area contributed by atoms with E-state index in [1.165, 1.54) is 6.08 Å². The Morgan fingerprint density at radius 3 is 2.56 bits per heavy atom. The summed E-state index contributed by atoms with van der Waals surface area (Å²) in [5.41, 5.74) is 2.58. The van der Waals surface area contributed by atoms with E-state index in [1.807, 2.05) is 30.3 Å². The summed E-state index contributed by atoms with van der Waals surface area (Å²) >= 11 is 5.18. The van der Waals surface area contributed by atoms with E-state index in [-0.39, 0.29) is 11.0 Å². The van der Waals surface area contributed by atoms with Crippen molar-refractivity contribution in [2.45, 2.75) is 6.61 Å². The van der Waals surface area contributed by atoms with E-state index in [1.54, 1.807) is 39.5 Å². The normalized spacial score (nSPS) is 10.5. The minimum Gasteiger partial charge on any atom is -0.493 e. The highest BCUT2D eigenvalue weighted by atomic mass is 32.1. The van der Waals surface area contributed by atoms with Crippen LogP contribution in [0.2, 0.25) is 0 Å². The van der Waals surface area contributed by atoms with Crippen molar-refractivity contribution in [1.29, 1.82) is 0 Å². The van der Waals surface area contributed by atoms with Gasteiger partial charge in [-0.05, 0) is 53.7 Å². The van der Waals surface area contributed by atoms with Gasteiger partial charge < -0.3 is 19.5 Å². The molecule has 0 unspecified atom stereocenters.